The molecule has 2 unspecified atom stereocenters. The molecule has 0 saturated carbocycles. The van der Waals surface area contributed by atoms with Crippen LogP contribution in [0.15, 0.2) is 97.1 Å². The fraction of sp³-hybridized carbons (Fsp3) is 0.448. The van der Waals surface area contributed by atoms with E-state index in [1.54, 1.807) is 71.9 Å². The highest BCUT2D eigenvalue weighted by atomic mass is 19.1. The molecule has 0 radical (unpaired) electrons. The van der Waals surface area contributed by atoms with Crippen LogP contribution in [0.1, 0.15) is 117 Å². The Hall–Kier alpha value is -8.24. The molecule has 0 saturated heterocycles. The van der Waals surface area contributed by atoms with Crippen molar-refractivity contribution < 1.29 is 90.2 Å². The molecule has 0 spiro atoms. The average Bonchev–Trinajstić information content (AvgIpc) is 3.56. The number of aliphatic carboxylic acids is 1. The first-order valence-corrected chi connectivity index (χ1v) is 25.8. The van der Waals surface area contributed by atoms with Gasteiger partial charge in [-0.15, -0.1) is 0 Å². The summed E-state index contributed by atoms with van der Waals surface area (Å²) in [6.07, 6.45) is -4.81. The van der Waals surface area contributed by atoms with E-state index in [1.807, 2.05) is 35.6 Å². The van der Waals surface area contributed by atoms with Gasteiger partial charge in [0.2, 0.25) is 17.7 Å². The number of carbonyl (C=O) groups excluding carboxylic acids is 7. The molecule has 7 amide bonds. The van der Waals surface area contributed by atoms with E-state index in [-0.39, 0.29) is 58.2 Å². The fourth-order valence-corrected chi connectivity index (χ4v) is 6.49. The molecule has 12 N–H and O–H groups in total. The normalized spacial score (nSPS) is 12.8. The van der Waals surface area contributed by atoms with Crippen molar-refractivity contribution in [2.24, 2.45) is 5.73 Å². The van der Waals surface area contributed by atoms with Crippen LogP contribution in [0.2, 0.25) is 0 Å². The number of carbonyl (C=O) groups is 8. The number of benzene rings is 4. The van der Waals surface area contributed by atoms with Gasteiger partial charge in [0.05, 0.1) is 26.4 Å². The van der Waals surface area contributed by atoms with Crippen LogP contribution in [-0.4, -0.2) is 139 Å². The number of amides is 7. The molecule has 0 aliphatic heterocycles. The van der Waals surface area contributed by atoms with Crippen LogP contribution in [0, 0.1) is 23.3 Å². The molecule has 472 valence electrons. The summed E-state index contributed by atoms with van der Waals surface area (Å²) < 4.78 is 73.6. The third-order valence-electron chi connectivity index (χ3n) is 10.4. The summed E-state index contributed by atoms with van der Waals surface area (Å²) in [7, 11) is 0. The van der Waals surface area contributed by atoms with E-state index in [0.29, 0.717) is 44.0 Å². The van der Waals surface area contributed by atoms with Gasteiger partial charge in [-0.1, -0.05) is 75.5 Å². The first-order chi connectivity index (χ1) is 38.9. The van der Waals surface area contributed by atoms with E-state index in [0.717, 1.165) is 29.8 Å². The Morgan fingerprint density at radius 3 is 1.18 bits per heavy atom. The highest BCUT2D eigenvalue weighted by Crippen LogP contribution is 2.19. The molecule has 0 bridgehead atoms. The predicted molar refractivity (Wildman–Crippen MR) is 306 cm³/mol. The molecule has 4 aromatic rings. The number of aliphatic hydroxyl groups excluding tert-OH is 2. The predicted octanol–water partition coefficient (Wildman–Crippen LogP) is 5.22. The summed E-state index contributed by atoms with van der Waals surface area (Å²) >= 11 is 0. The number of aliphatic hydroxyl groups is 2. The van der Waals surface area contributed by atoms with Crippen molar-refractivity contribution in [1.82, 2.24) is 37.2 Å². The van der Waals surface area contributed by atoms with Gasteiger partial charge < -0.3 is 77.2 Å². The van der Waals surface area contributed by atoms with Crippen LogP contribution in [0.3, 0.4) is 0 Å². The van der Waals surface area contributed by atoms with Gasteiger partial charge in [-0.3, -0.25) is 28.8 Å². The molecule has 0 aromatic heterocycles. The maximum atomic E-state index is 13.5. The van der Waals surface area contributed by atoms with Crippen molar-refractivity contribution in [3.05, 3.63) is 143 Å². The second-order valence-corrected chi connectivity index (χ2v) is 19.9. The lowest BCUT2D eigenvalue weighted by atomic mass is 10.1. The molecule has 4 rings (SSSR count). The Labute approximate surface area is 492 Å². The quantitative estimate of drug-likeness (QED) is 0.0299. The zero-order chi connectivity index (χ0) is 62.5. The number of rotatable bonds is 25. The van der Waals surface area contributed by atoms with Crippen molar-refractivity contribution in [2.75, 3.05) is 52.6 Å². The van der Waals surface area contributed by atoms with Crippen LogP contribution < -0.4 is 43.0 Å². The zero-order valence-corrected chi connectivity index (χ0v) is 47.2. The minimum atomic E-state index is -1.93. The summed E-state index contributed by atoms with van der Waals surface area (Å²) in [4.78, 5) is 95.0. The minimum Gasteiger partial charge on any atom is -0.480 e. The van der Waals surface area contributed by atoms with Crippen molar-refractivity contribution >= 4 is 47.7 Å². The lowest BCUT2D eigenvalue weighted by Gasteiger charge is -2.22. The Bertz CT molecular complexity index is 2700. The maximum Gasteiger partial charge on any atom is 0.407 e. The Morgan fingerprint density at radius 2 is 0.812 bits per heavy atom. The number of nitrogens with one attached hydrogen (secondary N) is 7. The number of nitrogens with two attached hydrogens (primary N) is 1. The monoisotopic (exact) mass is 1210 g/mol. The molecule has 0 aliphatic carbocycles. The molecule has 85 heavy (non-hydrogen) atoms. The van der Waals surface area contributed by atoms with Crippen LogP contribution >= 0.6 is 0 Å². The summed E-state index contributed by atoms with van der Waals surface area (Å²) in [6.45, 7) is 15.1. The van der Waals surface area contributed by atoms with E-state index in [1.165, 1.54) is 13.8 Å². The van der Waals surface area contributed by atoms with Gasteiger partial charge in [0, 0.05) is 38.3 Å². The summed E-state index contributed by atoms with van der Waals surface area (Å²) in [5, 5.41) is 45.6. The molecule has 27 heteroatoms. The highest BCUT2D eigenvalue weighted by molar-refractivity contribution is 5.93. The number of ether oxygens (including phenoxy) is 4. The average molecular weight is 1210 g/mol. The number of hydrogen-bond donors (Lipinski definition) is 11. The zero-order valence-electron chi connectivity index (χ0n) is 47.2. The molecule has 0 heterocycles. The van der Waals surface area contributed by atoms with Crippen molar-refractivity contribution in [1.29, 1.82) is 0 Å². The van der Waals surface area contributed by atoms with Crippen LogP contribution in [-0.2, 0) is 47.7 Å². The fourth-order valence-electron chi connectivity index (χ4n) is 6.49. The topological polar surface area (TPSA) is 344 Å². The largest absolute Gasteiger partial charge is 0.480 e. The lowest BCUT2D eigenvalue weighted by Crippen LogP contribution is -2.50. The smallest absolute Gasteiger partial charge is 0.407 e. The van der Waals surface area contributed by atoms with Gasteiger partial charge in [-0.05, 0) is 102 Å². The van der Waals surface area contributed by atoms with Crippen LogP contribution in [0.5, 0.6) is 0 Å². The standard InChI is InChI=1S/C28H36F2N4O7.C17H27N3O4.C11H11F2NO4.2CH4/c1-17(33-26(38)23(35)19-14-20(29)16-21(30)15-19)24(36)34-22(18-8-6-5-7-9-18)25(37)31-10-12-40-13-11-32-27(39)41-28(2,3)4;1-17(2,3)24-16(22)20-10-12-23-11-9-19-15(21)14(18)13-7-5-4-6-8-13;1-5(11(17)18)14-10(16)9(15)6-2-7(12)4-8(13)3-6;;/h5-9,14-17,22-23,35H,10-13H2,1-4H3,(H,31,37)(H,32,39)(H,33,38)(H,34,36);4-8,14H,9-12,18H2,1-3H3,(H,19,21)(H,20,22);2-5,9,15H,1H3,(H,14,16)(H,17,18);2*1H4/t17-,22-,23?;14-;5-,9?;;/m000../s1. The summed E-state index contributed by atoms with van der Waals surface area (Å²) in [5.41, 5.74) is 5.35. The third-order valence-corrected chi connectivity index (χ3v) is 10.4. The molecule has 23 nitrogen and oxygen atoms in total. The van der Waals surface area contributed by atoms with Crippen LogP contribution in [0.4, 0.5) is 27.2 Å². The van der Waals surface area contributed by atoms with Gasteiger partial charge in [0.1, 0.15) is 58.6 Å². The van der Waals surface area contributed by atoms with Gasteiger partial charge >= 0.3 is 18.2 Å². The molecule has 6 atom stereocenters. The van der Waals surface area contributed by atoms with Crippen molar-refractivity contribution in [2.45, 2.75) is 118 Å². The number of alkyl carbamates (subject to hydrolysis) is 2. The summed E-state index contributed by atoms with van der Waals surface area (Å²) in [6, 6.07) is 17.6. The van der Waals surface area contributed by atoms with Gasteiger partial charge in [0.15, 0.2) is 12.2 Å². The second-order valence-electron chi connectivity index (χ2n) is 19.9. The minimum absolute atomic E-state index is 0. The maximum absolute atomic E-state index is 13.5. The van der Waals surface area contributed by atoms with Crippen molar-refractivity contribution in [3.63, 3.8) is 0 Å². The highest BCUT2D eigenvalue weighted by Gasteiger charge is 2.29. The Morgan fingerprint density at radius 1 is 0.471 bits per heavy atom. The summed E-state index contributed by atoms with van der Waals surface area (Å²) in [5.74, 6) is -8.77. The lowest BCUT2D eigenvalue weighted by molar-refractivity contribution is -0.143. The van der Waals surface area contributed by atoms with Gasteiger partial charge in [-0.25, -0.2) is 27.2 Å². The van der Waals surface area contributed by atoms with Crippen LogP contribution in [0.25, 0.3) is 0 Å². The number of halogens is 4. The van der Waals surface area contributed by atoms with E-state index < -0.39 is 113 Å². The second kappa shape index (κ2) is 38.6. The molecular formula is C58H82F4N8O15. The van der Waals surface area contributed by atoms with Gasteiger partial charge in [-0.2, -0.15) is 0 Å². The SMILES string of the molecule is C.C.CC(C)(C)OC(=O)NCCOCCNC(=O)[C@@H](N)c1ccccc1.C[C@H](NC(=O)C(O)c1cc(F)cc(F)c1)C(=O)N[C@H](C(=O)NCCOCCNC(=O)OC(C)(C)C)c1ccccc1.C[C@H](NC(=O)C(O)c1cc(F)cc(F)c1)C(=O)O. The Balaban J connectivity index is 0.00000136. The van der Waals surface area contributed by atoms with E-state index in [9.17, 15) is 66.1 Å². The van der Waals surface area contributed by atoms with Gasteiger partial charge in [0.25, 0.3) is 11.8 Å². The number of hydrogen-bond acceptors (Lipinski definition) is 15. The first kappa shape index (κ1) is 76.8. The third kappa shape index (κ3) is 31.8. The molecule has 4 aromatic carbocycles. The molecular weight excluding hydrogens is 1120 g/mol. The van der Waals surface area contributed by atoms with E-state index >= 15 is 0 Å². The number of carboxylic acid groups (broad SMARTS) is 1. The van der Waals surface area contributed by atoms with Crippen molar-refractivity contribution in [3.8, 4) is 0 Å². The van der Waals surface area contributed by atoms with E-state index in [2.05, 4.69) is 31.9 Å². The first-order valence-electron chi connectivity index (χ1n) is 25.8. The molecule has 0 fully saturated rings. The number of carboxylic acids is 1. The Kier molecular flexibility index (Phi) is 34.8. The molecule has 0 aliphatic rings. The van der Waals surface area contributed by atoms with E-state index in [4.69, 9.17) is 29.8 Å².